The number of hydrogen-bond donors (Lipinski definition) is 0. The predicted octanol–water partition coefficient (Wildman–Crippen LogP) is 5.18. The van der Waals surface area contributed by atoms with Crippen molar-refractivity contribution >= 4 is 15.9 Å². The molecule has 0 saturated carbocycles. The summed E-state index contributed by atoms with van der Waals surface area (Å²) in [7, 11) is 0. The van der Waals surface area contributed by atoms with Crippen LogP contribution in [0.4, 0.5) is 26.3 Å². The van der Waals surface area contributed by atoms with E-state index in [0.717, 1.165) is 0 Å². The summed E-state index contributed by atoms with van der Waals surface area (Å²) >= 11 is 2.98. The lowest BCUT2D eigenvalue weighted by molar-refractivity contribution is -0.162. The van der Waals surface area contributed by atoms with Crippen molar-refractivity contribution in [2.75, 3.05) is 0 Å². The molecule has 0 unspecified atom stereocenters. The number of halogens is 7. The van der Waals surface area contributed by atoms with Gasteiger partial charge in [0.2, 0.25) is 0 Å². The van der Waals surface area contributed by atoms with Crippen LogP contribution >= 0.6 is 15.9 Å². The second kappa shape index (κ2) is 5.11. The number of alkyl halides is 7. The van der Waals surface area contributed by atoms with Crippen molar-refractivity contribution in [2.24, 2.45) is 0 Å². The minimum absolute atomic E-state index is 0.0807. The van der Waals surface area contributed by atoms with Gasteiger partial charge in [-0.15, -0.1) is 0 Å². The molecule has 0 nitrogen and oxygen atoms in total. The summed E-state index contributed by atoms with van der Waals surface area (Å²) in [5, 5.41) is 0.0807. The van der Waals surface area contributed by atoms with E-state index in [9.17, 15) is 26.3 Å². The Morgan fingerprint density at radius 2 is 1.28 bits per heavy atom. The Hall–Kier alpha value is -0.720. The second-order valence-corrected chi connectivity index (χ2v) is 4.21. The van der Waals surface area contributed by atoms with E-state index in [1.165, 1.54) is 0 Å². The highest BCUT2D eigenvalue weighted by Crippen LogP contribution is 2.41. The standard InChI is InChI=1S/C11H9BrF6/c1-2-6-3-8(10(13,14)15)9(11(16,17)18)4-7(6)5-12/h3-4H,2,5H2,1H3. The molecule has 1 aromatic carbocycles. The van der Waals surface area contributed by atoms with Crippen LogP contribution in [-0.4, -0.2) is 0 Å². The van der Waals surface area contributed by atoms with Crippen LogP contribution in [0.3, 0.4) is 0 Å². The van der Waals surface area contributed by atoms with Crippen molar-refractivity contribution in [1.29, 1.82) is 0 Å². The average molecular weight is 335 g/mol. The van der Waals surface area contributed by atoms with Gasteiger partial charge in [-0.3, -0.25) is 0 Å². The van der Waals surface area contributed by atoms with Crippen LogP contribution in [-0.2, 0) is 24.1 Å². The third-order valence-electron chi connectivity index (χ3n) is 2.48. The first kappa shape index (κ1) is 15.3. The maximum Gasteiger partial charge on any atom is 0.417 e. The zero-order chi connectivity index (χ0) is 14.1. The molecule has 0 amide bonds. The maximum absolute atomic E-state index is 12.6. The van der Waals surface area contributed by atoms with Crippen molar-refractivity contribution in [1.82, 2.24) is 0 Å². The Morgan fingerprint density at radius 1 is 0.889 bits per heavy atom. The minimum Gasteiger partial charge on any atom is -0.166 e. The molecule has 7 heteroatoms. The molecular weight excluding hydrogens is 326 g/mol. The van der Waals surface area contributed by atoms with E-state index in [0.29, 0.717) is 12.1 Å². The van der Waals surface area contributed by atoms with Crippen molar-refractivity contribution in [3.63, 3.8) is 0 Å². The van der Waals surface area contributed by atoms with E-state index in [1.54, 1.807) is 6.92 Å². The third kappa shape index (κ3) is 3.18. The van der Waals surface area contributed by atoms with Crippen LogP contribution in [0.1, 0.15) is 29.2 Å². The molecule has 0 aromatic heterocycles. The largest absolute Gasteiger partial charge is 0.417 e. The van der Waals surface area contributed by atoms with E-state index in [-0.39, 0.29) is 22.9 Å². The van der Waals surface area contributed by atoms with Crippen molar-refractivity contribution in [2.45, 2.75) is 31.0 Å². The zero-order valence-electron chi connectivity index (χ0n) is 9.21. The van der Waals surface area contributed by atoms with Gasteiger partial charge in [0.1, 0.15) is 0 Å². The molecule has 0 spiro atoms. The lowest BCUT2D eigenvalue weighted by Gasteiger charge is -2.18. The first-order valence-corrected chi connectivity index (χ1v) is 6.09. The minimum atomic E-state index is -5.02. The van der Waals surface area contributed by atoms with E-state index in [1.807, 2.05) is 0 Å². The van der Waals surface area contributed by atoms with E-state index < -0.39 is 23.5 Å². The highest BCUT2D eigenvalue weighted by Gasteiger charge is 2.43. The van der Waals surface area contributed by atoms with Gasteiger partial charge >= 0.3 is 12.4 Å². The Balaban J connectivity index is 3.57. The summed E-state index contributed by atoms with van der Waals surface area (Å²) in [6, 6.07) is 1.15. The number of aryl methyl sites for hydroxylation is 1. The Morgan fingerprint density at radius 3 is 1.56 bits per heavy atom. The first-order chi connectivity index (χ1) is 8.11. The van der Waals surface area contributed by atoms with Crippen LogP contribution in [0.2, 0.25) is 0 Å². The highest BCUT2D eigenvalue weighted by molar-refractivity contribution is 9.08. The van der Waals surface area contributed by atoms with Gasteiger partial charge in [0.05, 0.1) is 11.1 Å². The fraction of sp³-hybridized carbons (Fsp3) is 0.455. The Bertz CT molecular complexity index is 391. The van der Waals surface area contributed by atoms with Gasteiger partial charge in [-0.1, -0.05) is 22.9 Å². The van der Waals surface area contributed by atoms with Crippen LogP contribution in [0.5, 0.6) is 0 Å². The van der Waals surface area contributed by atoms with E-state index >= 15 is 0 Å². The lowest BCUT2D eigenvalue weighted by atomic mass is 9.97. The second-order valence-electron chi connectivity index (χ2n) is 3.65. The molecule has 0 radical (unpaired) electrons. The molecule has 0 heterocycles. The molecule has 102 valence electrons. The Labute approximate surface area is 108 Å². The number of hydrogen-bond acceptors (Lipinski definition) is 0. The first-order valence-electron chi connectivity index (χ1n) is 4.97. The van der Waals surface area contributed by atoms with Crippen molar-refractivity contribution in [3.8, 4) is 0 Å². The molecule has 0 aliphatic rings. The monoisotopic (exact) mass is 334 g/mol. The van der Waals surface area contributed by atoms with Crippen LogP contribution < -0.4 is 0 Å². The zero-order valence-corrected chi connectivity index (χ0v) is 10.8. The molecule has 0 bridgehead atoms. The van der Waals surface area contributed by atoms with Crippen LogP contribution in [0.25, 0.3) is 0 Å². The molecule has 0 fully saturated rings. The molecule has 0 aliphatic carbocycles. The molecule has 0 aliphatic heterocycles. The summed E-state index contributed by atoms with van der Waals surface area (Å²) < 4.78 is 75.7. The topological polar surface area (TPSA) is 0 Å². The summed E-state index contributed by atoms with van der Waals surface area (Å²) in [5.41, 5.74) is -2.79. The molecule has 1 rings (SSSR count). The fourth-order valence-electron chi connectivity index (χ4n) is 1.61. The Kier molecular flexibility index (Phi) is 4.35. The number of benzene rings is 1. The predicted molar refractivity (Wildman–Crippen MR) is 58.5 cm³/mol. The van der Waals surface area contributed by atoms with Gasteiger partial charge in [-0.25, -0.2) is 0 Å². The van der Waals surface area contributed by atoms with Gasteiger partial charge in [-0.05, 0) is 29.7 Å². The quantitative estimate of drug-likeness (QED) is 0.516. The SMILES string of the molecule is CCc1cc(C(F)(F)F)c(C(F)(F)F)cc1CBr. The molecular formula is C11H9BrF6. The fourth-order valence-corrected chi connectivity index (χ4v) is 2.13. The van der Waals surface area contributed by atoms with Gasteiger partial charge in [-0.2, -0.15) is 26.3 Å². The normalized spacial score (nSPS) is 12.9. The van der Waals surface area contributed by atoms with Crippen LogP contribution in [0.15, 0.2) is 12.1 Å². The molecule has 18 heavy (non-hydrogen) atoms. The van der Waals surface area contributed by atoms with Gasteiger partial charge in [0.25, 0.3) is 0 Å². The lowest BCUT2D eigenvalue weighted by Crippen LogP contribution is -2.17. The summed E-state index contributed by atoms with van der Waals surface area (Å²) in [6.45, 7) is 1.59. The molecule has 0 N–H and O–H groups in total. The average Bonchev–Trinajstić information content (AvgIpc) is 2.24. The van der Waals surface area contributed by atoms with Crippen LogP contribution in [0, 0.1) is 0 Å². The molecule has 0 atom stereocenters. The maximum atomic E-state index is 12.6. The van der Waals surface area contributed by atoms with Crippen molar-refractivity contribution < 1.29 is 26.3 Å². The van der Waals surface area contributed by atoms with Crippen molar-refractivity contribution in [3.05, 3.63) is 34.4 Å². The van der Waals surface area contributed by atoms with Gasteiger partial charge in [0.15, 0.2) is 0 Å². The molecule has 0 saturated heterocycles. The smallest absolute Gasteiger partial charge is 0.166 e. The van der Waals surface area contributed by atoms with Gasteiger partial charge in [0, 0.05) is 5.33 Å². The molecule has 1 aromatic rings. The summed E-state index contributed by atoms with van der Waals surface area (Å²) in [6.07, 6.45) is -9.80. The highest BCUT2D eigenvalue weighted by atomic mass is 79.9. The number of rotatable bonds is 2. The van der Waals surface area contributed by atoms with E-state index in [2.05, 4.69) is 15.9 Å². The third-order valence-corrected chi connectivity index (χ3v) is 3.08. The summed E-state index contributed by atoms with van der Waals surface area (Å²) in [4.78, 5) is 0. The van der Waals surface area contributed by atoms with E-state index in [4.69, 9.17) is 0 Å². The summed E-state index contributed by atoms with van der Waals surface area (Å²) in [5.74, 6) is 0. The van der Waals surface area contributed by atoms with Gasteiger partial charge < -0.3 is 0 Å².